The topological polar surface area (TPSA) is 49.3 Å². The Bertz CT molecular complexity index is 428. The molecule has 3 heteroatoms. The Morgan fingerprint density at radius 3 is 2.33 bits per heavy atom. The molecule has 18 heavy (non-hydrogen) atoms. The summed E-state index contributed by atoms with van der Waals surface area (Å²) in [6.45, 7) is 0. The second kappa shape index (κ2) is 4.73. The van der Waals surface area contributed by atoms with E-state index in [1.165, 1.54) is 31.2 Å². The zero-order valence-corrected chi connectivity index (χ0v) is 10.4. The molecule has 0 radical (unpaired) electrons. The highest BCUT2D eigenvalue weighted by Crippen LogP contribution is 2.32. The fourth-order valence-electron chi connectivity index (χ4n) is 3.46. The van der Waals surface area contributed by atoms with Crippen molar-refractivity contribution in [3.05, 3.63) is 35.4 Å². The van der Waals surface area contributed by atoms with Crippen molar-refractivity contribution in [2.75, 3.05) is 0 Å². The molecule has 2 fully saturated rings. The first-order valence-electron chi connectivity index (χ1n) is 6.79. The molecule has 96 valence electrons. The average Bonchev–Trinajstić information content (AvgIpc) is 2.69. The number of rotatable bonds is 3. The van der Waals surface area contributed by atoms with Crippen molar-refractivity contribution < 1.29 is 9.90 Å². The Hall–Kier alpha value is -1.35. The molecule has 0 saturated carbocycles. The van der Waals surface area contributed by atoms with E-state index >= 15 is 0 Å². The van der Waals surface area contributed by atoms with Crippen molar-refractivity contribution in [2.45, 2.75) is 44.2 Å². The summed E-state index contributed by atoms with van der Waals surface area (Å²) in [4.78, 5) is 10.8. The molecule has 0 aliphatic carbocycles. The van der Waals surface area contributed by atoms with Gasteiger partial charge in [-0.15, -0.1) is 0 Å². The van der Waals surface area contributed by atoms with Crippen LogP contribution in [0.1, 0.15) is 41.6 Å². The van der Waals surface area contributed by atoms with Crippen molar-refractivity contribution in [1.29, 1.82) is 0 Å². The number of carbonyl (C=O) groups is 1. The second-order valence-electron chi connectivity index (χ2n) is 5.68. The van der Waals surface area contributed by atoms with Crippen molar-refractivity contribution in [3.63, 3.8) is 0 Å². The maximum Gasteiger partial charge on any atom is 0.335 e. The fraction of sp³-hybridized carbons (Fsp3) is 0.533. The van der Waals surface area contributed by atoms with Gasteiger partial charge in [-0.25, -0.2) is 4.79 Å². The molecule has 2 N–H and O–H groups in total. The molecular formula is C15H19NO2. The Morgan fingerprint density at radius 2 is 1.78 bits per heavy atom. The Morgan fingerprint density at radius 1 is 1.17 bits per heavy atom. The summed E-state index contributed by atoms with van der Waals surface area (Å²) < 4.78 is 0. The molecule has 2 atom stereocenters. The van der Waals surface area contributed by atoms with Gasteiger partial charge in [0.1, 0.15) is 0 Å². The zero-order valence-electron chi connectivity index (χ0n) is 10.4. The van der Waals surface area contributed by atoms with Crippen LogP contribution in [0.4, 0.5) is 0 Å². The lowest BCUT2D eigenvalue weighted by atomic mass is 9.87. The van der Waals surface area contributed by atoms with Crippen LogP contribution in [0.2, 0.25) is 0 Å². The van der Waals surface area contributed by atoms with Crippen molar-refractivity contribution in [3.8, 4) is 0 Å². The van der Waals surface area contributed by atoms with E-state index < -0.39 is 5.97 Å². The molecule has 2 saturated heterocycles. The van der Waals surface area contributed by atoms with Crippen LogP contribution in [-0.2, 0) is 6.42 Å². The molecule has 2 bridgehead atoms. The molecule has 1 aromatic rings. The standard InChI is InChI=1S/C15H19NO2/c17-15(18)12-3-1-10(2-4-12)7-11-8-13-5-6-14(9-11)16-13/h1-4,11,13-14,16H,5-9H2,(H,17,18). The van der Waals surface area contributed by atoms with E-state index in [9.17, 15) is 4.79 Å². The van der Waals surface area contributed by atoms with Crippen LogP contribution >= 0.6 is 0 Å². The van der Waals surface area contributed by atoms with Gasteiger partial charge >= 0.3 is 5.97 Å². The average molecular weight is 245 g/mol. The van der Waals surface area contributed by atoms with Crippen LogP contribution in [0, 0.1) is 5.92 Å². The van der Waals surface area contributed by atoms with E-state index in [2.05, 4.69) is 5.32 Å². The Labute approximate surface area is 107 Å². The van der Waals surface area contributed by atoms with Crippen molar-refractivity contribution in [2.24, 2.45) is 5.92 Å². The van der Waals surface area contributed by atoms with Crippen LogP contribution in [-0.4, -0.2) is 23.2 Å². The Kier molecular flexibility index (Phi) is 3.08. The summed E-state index contributed by atoms with van der Waals surface area (Å²) in [5.41, 5.74) is 1.65. The summed E-state index contributed by atoms with van der Waals surface area (Å²) in [5, 5.41) is 12.5. The number of carboxylic acids is 1. The predicted molar refractivity (Wildman–Crippen MR) is 69.8 cm³/mol. The Balaban J connectivity index is 1.64. The van der Waals surface area contributed by atoms with Crippen LogP contribution in [0.25, 0.3) is 0 Å². The van der Waals surface area contributed by atoms with Crippen molar-refractivity contribution in [1.82, 2.24) is 5.32 Å². The van der Waals surface area contributed by atoms with E-state index in [4.69, 9.17) is 5.11 Å². The molecule has 2 aliphatic heterocycles. The summed E-state index contributed by atoms with van der Waals surface area (Å²) >= 11 is 0. The molecule has 3 nitrogen and oxygen atoms in total. The third-order valence-corrected chi connectivity index (χ3v) is 4.30. The number of piperidine rings is 1. The van der Waals surface area contributed by atoms with Gasteiger partial charge in [0.05, 0.1) is 5.56 Å². The smallest absolute Gasteiger partial charge is 0.335 e. The molecule has 3 rings (SSSR count). The van der Waals surface area contributed by atoms with Gasteiger partial charge in [0.2, 0.25) is 0 Å². The first-order chi connectivity index (χ1) is 8.70. The van der Waals surface area contributed by atoms with Gasteiger partial charge in [-0.3, -0.25) is 0 Å². The summed E-state index contributed by atoms with van der Waals surface area (Å²) in [5.74, 6) is -0.0825. The molecule has 2 heterocycles. The monoisotopic (exact) mass is 245 g/mol. The minimum Gasteiger partial charge on any atom is -0.478 e. The van der Waals surface area contributed by atoms with Crippen LogP contribution in [0.5, 0.6) is 0 Å². The number of aromatic carboxylic acids is 1. The first-order valence-corrected chi connectivity index (χ1v) is 6.79. The lowest BCUT2D eigenvalue weighted by Crippen LogP contribution is -2.38. The van der Waals surface area contributed by atoms with Gasteiger partial charge in [-0.1, -0.05) is 12.1 Å². The maximum absolute atomic E-state index is 10.8. The first kappa shape index (κ1) is 11.7. The molecule has 0 spiro atoms. The van der Waals surface area contributed by atoms with E-state index in [-0.39, 0.29) is 0 Å². The number of nitrogens with one attached hydrogen (secondary N) is 1. The van der Waals surface area contributed by atoms with E-state index in [1.807, 2.05) is 12.1 Å². The number of benzene rings is 1. The largest absolute Gasteiger partial charge is 0.478 e. The molecule has 1 aromatic carbocycles. The minimum atomic E-state index is -0.846. The van der Waals surface area contributed by atoms with E-state index in [0.29, 0.717) is 5.56 Å². The van der Waals surface area contributed by atoms with E-state index in [1.54, 1.807) is 12.1 Å². The van der Waals surface area contributed by atoms with Crippen LogP contribution in [0.15, 0.2) is 24.3 Å². The predicted octanol–water partition coefficient (Wildman–Crippen LogP) is 2.46. The zero-order chi connectivity index (χ0) is 12.5. The summed E-state index contributed by atoms with van der Waals surface area (Å²) in [6.07, 6.45) is 6.31. The minimum absolute atomic E-state index is 0.379. The second-order valence-corrected chi connectivity index (χ2v) is 5.68. The molecule has 0 amide bonds. The highest BCUT2D eigenvalue weighted by atomic mass is 16.4. The SMILES string of the molecule is O=C(O)c1ccc(CC2CC3CCC(C2)N3)cc1. The van der Waals surface area contributed by atoms with Gasteiger partial charge in [0.25, 0.3) is 0 Å². The quantitative estimate of drug-likeness (QED) is 0.860. The molecule has 0 aromatic heterocycles. The number of hydrogen-bond acceptors (Lipinski definition) is 2. The third kappa shape index (κ3) is 2.41. The fourth-order valence-corrected chi connectivity index (χ4v) is 3.46. The number of hydrogen-bond donors (Lipinski definition) is 2. The van der Waals surface area contributed by atoms with Crippen LogP contribution in [0.3, 0.4) is 0 Å². The molecule has 2 unspecified atom stereocenters. The normalized spacial score (nSPS) is 30.3. The van der Waals surface area contributed by atoms with Crippen LogP contribution < -0.4 is 5.32 Å². The number of fused-ring (bicyclic) bond motifs is 2. The van der Waals surface area contributed by atoms with Gasteiger partial charge in [0.15, 0.2) is 0 Å². The van der Waals surface area contributed by atoms with Gasteiger partial charge in [0, 0.05) is 12.1 Å². The van der Waals surface area contributed by atoms with Gasteiger partial charge < -0.3 is 10.4 Å². The highest BCUT2D eigenvalue weighted by Gasteiger charge is 2.33. The van der Waals surface area contributed by atoms with Crippen molar-refractivity contribution >= 4 is 5.97 Å². The van der Waals surface area contributed by atoms with Gasteiger partial charge in [-0.2, -0.15) is 0 Å². The molecular weight excluding hydrogens is 226 g/mol. The highest BCUT2D eigenvalue weighted by molar-refractivity contribution is 5.87. The summed E-state index contributed by atoms with van der Waals surface area (Å²) in [7, 11) is 0. The third-order valence-electron chi connectivity index (χ3n) is 4.30. The maximum atomic E-state index is 10.8. The number of carboxylic acid groups (broad SMARTS) is 1. The van der Waals surface area contributed by atoms with Gasteiger partial charge in [-0.05, 0) is 55.7 Å². The molecule has 2 aliphatic rings. The van der Waals surface area contributed by atoms with E-state index in [0.717, 1.165) is 24.4 Å². The lowest BCUT2D eigenvalue weighted by Gasteiger charge is -2.29. The lowest BCUT2D eigenvalue weighted by molar-refractivity contribution is 0.0697. The summed E-state index contributed by atoms with van der Waals surface area (Å²) in [6, 6.07) is 8.82.